The zero-order valence-electron chi connectivity index (χ0n) is 18.2. The first-order valence-corrected chi connectivity index (χ1v) is 11.5. The Morgan fingerprint density at radius 2 is 1.66 bits per heavy atom. The van der Waals surface area contributed by atoms with Gasteiger partial charge in [0.05, 0.1) is 13.2 Å². The van der Waals surface area contributed by atoms with E-state index in [2.05, 4.69) is 11.8 Å². The Balaban J connectivity index is 1.77. The maximum Gasteiger partial charge on any atom is 0.222 e. The molecule has 164 valence electrons. The molecule has 0 aromatic heterocycles. The third-order valence-electron chi connectivity index (χ3n) is 5.64. The molecule has 0 bridgehead atoms. The lowest BCUT2D eigenvalue weighted by Gasteiger charge is -2.28. The highest BCUT2D eigenvalue weighted by Gasteiger charge is 2.15. The molecule has 1 saturated heterocycles. The highest BCUT2D eigenvalue weighted by atomic mass is 19.1. The minimum absolute atomic E-state index is 0.227. The summed E-state index contributed by atoms with van der Waals surface area (Å²) >= 11 is 0. The fraction of sp³-hybridized carbons (Fsp3) is 0.708. The second kappa shape index (κ2) is 14.5. The van der Waals surface area contributed by atoms with Crippen LogP contribution in [-0.2, 0) is 16.1 Å². The van der Waals surface area contributed by atoms with E-state index in [0.29, 0.717) is 13.0 Å². The van der Waals surface area contributed by atoms with Crippen LogP contribution in [0.2, 0.25) is 0 Å². The Morgan fingerprint density at radius 1 is 1.00 bits per heavy atom. The number of benzene rings is 1. The van der Waals surface area contributed by atoms with Gasteiger partial charge in [0.1, 0.15) is 5.82 Å². The minimum Gasteiger partial charge on any atom is -0.379 e. The predicted octanol–water partition coefficient (Wildman–Crippen LogP) is 5.02. The van der Waals surface area contributed by atoms with E-state index < -0.39 is 0 Å². The second-order valence-corrected chi connectivity index (χ2v) is 8.12. The van der Waals surface area contributed by atoms with Gasteiger partial charge in [0.15, 0.2) is 0 Å². The number of nitrogens with zero attached hydrogens (tertiary/aromatic N) is 2. The molecule has 2 rings (SSSR count). The van der Waals surface area contributed by atoms with Crippen molar-refractivity contribution in [3.63, 3.8) is 0 Å². The van der Waals surface area contributed by atoms with Crippen molar-refractivity contribution in [2.45, 2.75) is 71.3 Å². The monoisotopic (exact) mass is 406 g/mol. The van der Waals surface area contributed by atoms with Crippen LogP contribution >= 0.6 is 0 Å². The van der Waals surface area contributed by atoms with Crippen LogP contribution in [0.15, 0.2) is 24.3 Å². The molecule has 0 unspecified atom stereocenters. The number of ether oxygens (including phenoxy) is 1. The van der Waals surface area contributed by atoms with Crippen molar-refractivity contribution in [3.8, 4) is 0 Å². The Kier molecular flexibility index (Phi) is 11.9. The maximum absolute atomic E-state index is 13.2. The summed E-state index contributed by atoms with van der Waals surface area (Å²) in [6.07, 6.45) is 10.1. The second-order valence-electron chi connectivity index (χ2n) is 8.12. The van der Waals surface area contributed by atoms with Gasteiger partial charge in [-0.25, -0.2) is 4.39 Å². The lowest BCUT2D eigenvalue weighted by molar-refractivity contribution is -0.132. The third-order valence-corrected chi connectivity index (χ3v) is 5.64. The van der Waals surface area contributed by atoms with Crippen LogP contribution in [-0.4, -0.2) is 55.1 Å². The summed E-state index contributed by atoms with van der Waals surface area (Å²) < 4.78 is 18.6. The zero-order valence-corrected chi connectivity index (χ0v) is 18.2. The van der Waals surface area contributed by atoms with Crippen molar-refractivity contribution in [1.29, 1.82) is 0 Å². The molecular weight excluding hydrogens is 367 g/mol. The molecule has 1 amide bonds. The highest BCUT2D eigenvalue weighted by Crippen LogP contribution is 2.13. The van der Waals surface area contributed by atoms with Crippen molar-refractivity contribution in [2.24, 2.45) is 0 Å². The molecule has 0 spiro atoms. The smallest absolute Gasteiger partial charge is 0.222 e. The Hall–Kier alpha value is -1.46. The maximum atomic E-state index is 13.2. The van der Waals surface area contributed by atoms with E-state index in [1.165, 1.54) is 44.2 Å². The molecule has 1 aliphatic rings. The summed E-state index contributed by atoms with van der Waals surface area (Å²) in [6.45, 7) is 8.10. The number of rotatable bonds is 14. The molecule has 1 aromatic rings. The van der Waals surface area contributed by atoms with E-state index in [1.54, 1.807) is 12.1 Å². The Bertz CT molecular complexity index is 559. The number of hydrogen-bond donors (Lipinski definition) is 0. The van der Waals surface area contributed by atoms with Crippen LogP contribution in [0.3, 0.4) is 0 Å². The highest BCUT2D eigenvalue weighted by molar-refractivity contribution is 5.76. The standard InChI is InChI=1S/C24H39FN2O2/c1-2-3-4-5-6-7-8-10-24(28)27(21-22-11-13-23(25)14-12-22)16-9-15-26-17-19-29-20-18-26/h11-14H,2-10,15-21H2,1H3. The van der Waals surface area contributed by atoms with E-state index >= 15 is 0 Å². The van der Waals surface area contributed by atoms with E-state index in [1.807, 2.05) is 4.90 Å². The normalized spacial score (nSPS) is 14.8. The molecule has 0 N–H and O–H groups in total. The van der Waals surface area contributed by atoms with E-state index in [0.717, 1.165) is 64.2 Å². The molecule has 1 aliphatic heterocycles. The topological polar surface area (TPSA) is 32.8 Å². The van der Waals surface area contributed by atoms with Gasteiger partial charge in [-0.05, 0) is 30.5 Å². The molecule has 29 heavy (non-hydrogen) atoms. The van der Waals surface area contributed by atoms with Gasteiger partial charge in [-0.1, -0.05) is 57.6 Å². The fourth-order valence-electron chi connectivity index (χ4n) is 3.80. The van der Waals surface area contributed by atoms with Crippen molar-refractivity contribution in [1.82, 2.24) is 9.80 Å². The number of morpholine rings is 1. The van der Waals surface area contributed by atoms with Gasteiger partial charge in [0.25, 0.3) is 0 Å². The number of hydrogen-bond acceptors (Lipinski definition) is 3. The average molecular weight is 407 g/mol. The average Bonchev–Trinajstić information content (AvgIpc) is 2.74. The number of halogens is 1. The van der Waals surface area contributed by atoms with Crippen LogP contribution in [0.4, 0.5) is 4.39 Å². The molecule has 1 heterocycles. The van der Waals surface area contributed by atoms with Crippen LogP contribution in [0.5, 0.6) is 0 Å². The van der Waals surface area contributed by atoms with Crippen LogP contribution in [0.1, 0.15) is 70.3 Å². The fourth-order valence-corrected chi connectivity index (χ4v) is 3.80. The van der Waals surface area contributed by atoms with Gasteiger partial charge in [0, 0.05) is 39.1 Å². The number of carbonyl (C=O) groups excluding carboxylic acids is 1. The quantitative estimate of drug-likeness (QED) is 0.407. The van der Waals surface area contributed by atoms with Gasteiger partial charge >= 0.3 is 0 Å². The molecule has 1 fully saturated rings. The molecule has 0 saturated carbocycles. The molecule has 5 heteroatoms. The Labute approximate surface area is 176 Å². The molecule has 0 radical (unpaired) electrons. The van der Waals surface area contributed by atoms with Crippen LogP contribution in [0, 0.1) is 5.82 Å². The molecular formula is C24H39FN2O2. The van der Waals surface area contributed by atoms with Gasteiger partial charge in [0.2, 0.25) is 5.91 Å². The summed E-state index contributed by atoms with van der Waals surface area (Å²) in [5.74, 6) is -0.00752. The Morgan fingerprint density at radius 3 is 2.34 bits per heavy atom. The summed E-state index contributed by atoms with van der Waals surface area (Å²) in [5, 5.41) is 0. The predicted molar refractivity (Wildman–Crippen MR) is 116 cm³/mol. The van der Waals surface area contributed by atoms with E-state index in [4.69, 9.17) is 4.74 Å². The first kappa shape index (κ1) is 23.8. The molecule has 1 aromatic carbocycles. The minimum atomic E-state index is -0.234. The summed E-state index contributed by atoms with van der Waals surface area (Å²) in [6, 6.07) is 6.51. The van der Waals surface area contributed by atoms with Crippen LogP contribution < -0.4 is 0 Å². The van der Waals surface area contributed by atoms with E-state index in [-0.39, 0.29) is 11.7 Å². The summed E-state index contributed by atoms with van der Waals surface area (Å²) in [7, 11) is 0. The van der Waals surface area contributed by atoms with Crippen molar-refractivity contribution < 1.29 is 13.9 Å². The first-order chi connectivity index (χ1) is 14.2. The lowest BCUT2D eigenvalue weighted by atomic mass is 10.1. The molecule has 4 nitrogen and oxygen atoms in total. The summed E-state index contributed by atoms with van der Waals surface area (Å²) in [5.41, 5.74) is 0.991. The third kappa shape index (κ3) is 10.2. The SMILES string of the molecule is CCCCCCCCCC(=O)N(CCCN1CCOCC1)Cc1ccc(F)cc1. The number of unbranched alkanes of at least 4 members (excludes halogenated alkanes) is 6. The molecule has 0 aliphatic carbocycles. The zero-order chi connectivity index (χ0) is 20.7. The van der Waals surface area contributed by atoms with Gasteiger partial charge in [-0.3, -0.25) is 9.69 Å². The van der Waals surface area contributed by atoms with E-state index in [9.17, 15) is 9.18 Å². The van der Waals surface area contributed by atoms with Crippen molar-refractivity contribution >= 4 is 5.91 Å². The van der Waals surface area contributed by atoms with Gasteiger partial charge < -0.3 is 9.64 Å². The number of carbonyl (C=O) groups is 1. The lowest BCUT2D eigenvalue weighted by Crippen LogP contribution is -2.39. The molecule has 0 atom stereocenters. The largest absolute Gasteiger partial charge is 0.379 e. The van der Waals surface area contributed by atoms with Gasteiger partial charge in [-0.2, -0.15) is 0 Å². The first-order valence-electron chi connectivity index (χ1n) is 11.5. The van der Waals surface area contributed by atoms with Crippen molar-refractivity contribution in [3.05, 3.63) is 35.6 Å². The number of amides is 1. The van der Waals surface area contributed by atoms with Crippen LogP contribution in [0.25, 0.3) is 0 Å². The summed E-state index contributed by atoms with van der Waals surface area (Å²) in [4.78, 5) is 17.2. The van der Waals surface area contributed by atoms with Crippen molar-refractivity contribution in [2.75, 3.05) is 39.4 Å². The van der Waals surface area contributed by atoms with Gasteiger partial charge in [-0.15, -0.1) is 0 Å².